The Balaban J connectivity index is 2.12. The Hall–Kier alpha value is -0.600. The van der Waals surface area contributed by atoms with Gasteiger partial charge in [-0.05, 0) is 37.9 Å². The second-order valence-corrected chi connectivity index (χ2v) is 4.42. The van der Waals surface area contributed by atoms with E-state index in [9.17, 15) is 4.39 Å². The van der Waals surface area contributed by atoms with Gasteiger partial charge in [0.15, 0.2) is 0 Å². The fourth-order valence-electron chi connectivity index (χ4n) is 2.09. The van der Waals surface area contributed by atoms with Gasteiger partial charge in [0.25, 0.3) is 0 Å². The lowest BCUT2D eigenvalue weighted by atomic mass is 9.89. The molecule has 0 spiro atoms. The van der Waals surface area contributed by atoms with Crippen LogP contribution in [0.15, 0.2) is 24.3 Å². The van der Waals surface area contributed by atoms with Gasteiger partial charge in [-0.1, -0.05) is 29.8 Å². The van der Waals surface area contributed by atoms with Crippen LogP contribution in [0.4, 0.5) is 4.39 Å². The number of rotatable bonds is 2. The normalized spacial score (nSPS) is 20.1. The summed E-state index contributed by atoms with van der Waals surface area (Å²) in [7, 11) is 0. The van der Waals surface area contributed by atoms with Crippen molar-refractivity contribution in [3.63, 3.8) is 0 Å². The number of hydrogen-bond donors (Lipinski definition) is 1. The highest BCUT2D eigenvalue weighted by Crippen LogP contribution is 2.35. The van der Waals surface area contributed by atoms with Gasteiger partial charge in [-0.3, -0.25) is 0 Å². The van der Waals surface area contributed by atoms with Crippen LogP contribution in [-0.4, -0.2) is 13.1 Å². The van der Waals surface area contributed by atoms with E-state index in [2.05, 4.69) is 5.32 Å². The standard InChI is InChI=1S/C12H15ClFN/c13-11-4-2-1-3-10(11)12(14)9-5-7-15-8-6-9/h1-4,9,12,15H,5-8H2. The lowest BCUT2D eigenvalue weighted by Crippen LogP contribution is -2.29. The van der Waals surface area contributed by atoms with Gasteiger partial charge in [0.05, 0.1) is 0 Å². The van der Waals surface area contributed by atoms with Crippen LogP contribution < -0.4 is 5.32 Å². The van der Waals surface area contributed by atoms with E-state index in [0.29, 0.717) is 10.6 Å². The van der Waals surface area contributed by atoms with Crippen LogP contribution >= 0.6 is 11.6 Å². The van der Waals surface area contributed by atoms with E-state index in [1.54, 1.807) is 12.1 Å². The minimum Gasteiger partial charge on any atom is -0.317 e. The molecule has 0 radical (unpaired) electrons. The Labute approximate surface area is 94.6 Å². The molecule has 0 bridgehead atoms. The summed E-state index contributed by atoms with van der Waals surface area (Å²) in [6, 6.07) is 7.22. The predicted molar refractivity (Wildman–Crippen MR) is 60.9 cm³/mol. The molecule has 1 aliphatic heterocycles. The predicted octanol–water partition coefficient (Wildman–Crippen LogP) is 3.35. The van der Waals surface area contributed by atoms with E-state index < -0.39 is 6.17 Å². The number of piperidine rings is 1. The van der Waals surface area contributed by atoms with Crippen LogP contribution in [-0.2, 0) is 0 Å². The first-order valence-corrected chi connectivity index (χ1v) is 5.76. The minimum absolute atomic E-state index is 0.117. The molecule has 0 saturated carbocycles. The fourth-order valence-corrected chi connectivity index (χ4v) is 2.33. The van der Waals surface area contributed by atoms with Crippen LogP contribution in [0.2, 0.25) is 5.02 Å². The smallest absolute Gasteiger partial charge is 0.129 e. The monoisotopic (exact) mass is 227 g/mol. The number of nitrogens with one attached hydrogen (secondary N) is 1. The second kappa shape index (κ2) is 4.95. The molecule has 1 nitrogen and oxygen atoms in total. The molecule has 1 heterocycles. The molecule has 82 valence electrons. The summed E-state index contributed by atoms with van der Waals surface area (Å²) in [5.41, 5.74) is 0.645. The Kier molecular flexibility index (Phi) is 3.60. The first kappa shape index (κ1) is 10.9. The third kappa shape index (κ3) is 2.50. The molecular formula is C12H15ClFN. The molecule has 1 N–H and O–H groups in total. The summed E-state index contributed by atoms with van der Waals surface area (Å²) in [5, 5.41) is 3.78. The van der Waals surface area contributed by atoms with E-state index >= 15 is 0 Å². The Morgan fingerprint density at radius 3 is 2.60 bits per heavy atom. The third-order valence-corrected chi connectivity index (χ3v) is 3.34. The van der Waals surface area contributed by atoms with Crippen molar-refractivity contribution in [2.75, 3.05) is 13.1 Å². The molecule has 1 unspecified atom stereocenters. The van der Waals surface area contributed by atoms with Crippen molar-refractivity contribution >= 4 is 11.6 Å². The van der Waals surface area contributed by atoms with E-state index in [4.69, 9.17) is 11.6 Å². The largest absolute Gasteiger partial charge is 0.317 e. The highest BCUT2D eigenvalue weighted by atomic mass is 35.5. The number of benzene rings is 1. The van der Waals surface area contributed by atoms with Gasteiger partial charge < -0.3 is 5.32 Å². The van der Waals surface area contributed by atoms with Crippen LogP contribution in [0, 0.1) is 5.92 Å². The maximum Gasteiger partial charge on any atom is 0.129 e. The quantitative estimate of drug-likeness (QED) is 0.817. The summed E-state index contributed by atoms with van der Waals surface area (Å²) < 4.78 is 14.2. The first-order chi connectivity index (χ1) is 7.29. The molecule has 1 aromatic carbocycles. The molecule has 1 atom stereocenters. The molecule has 3 heteroatoms. The van der Waals surface area contributed by atoms with E-state index in [0.717, 1.165) is 25.9 Å². The molecule has 2 rings (SSSR count). The maximum absolute atomic E-state index is 14.2. The summed E-state index contributed by atoms with van der Waals surface area (Å²) in [4.78, 5) is 0. The zero-order valence-corrected chi connectivity index (χ0v) is 9.30. The van der Waals surface area contributed by atoms with Gasteiger partial charge in [0, 0.05) is 10.6 Å². The number of hydrogen-bond acceptors (Lipinski definition) is 1. The summed E-state index contributed by atoms with van der Waals surface area (Å²) in [6.07, 6.45) is 0.875. The van der Waals surface area contributed by atoms with Gasteiger partial charge in [0.1, 0.15) is 6.17 Å². The lowest BCUT2D eigenvalue weighted by molar-refractivity contribution is 0.190. The van der Waals surface area contributed by atoms with Crippen molar-refractivity contribution in [3.8, 4) is 0 Å². The molecule has 1 aliphatic rings. The fraction of sp³-hybridized carbons (Fsp3) is 0.500. The topological polar surface area (TPSA) is 12.0 Å². The summed E-state index contributed by atoms with van der Waals surface area (Å²) in [5.74, 6) is 0.117. The van der Waals surface area contributed by atoms with Crippen molar-refractivity contribution < 1.29 is 4.39 Å². The molecule has 1 aromatic rings. The summed E-state index contributed by atoms with van der Waals surface area (Å²) >= 11 is 5.98. The van der Waals surface area contributed by atoms with Gasteiger partial charge in [0.2, 0.25) is 0 Å². The molecule has 1 saturated heterocycles. The lowest BCUT2D eigenvalue weighted by Gasteiger charge is -2.26. The molecule has 0 aliphatic carbocycles. The number of halogens is 2. The molecule has 15 heavy (non-hydrogen) atoms. The molecular weight excluding hydrogens is 213 g/mol. The average Bonchev–Trinajstić information content (AvgIpc) is 2.30. The van der Waals surface area contributed by atoms with Crippen LogP contribution in [0.5, 0.6) is 0 Å². The third-order valence-electron chi connectivity index (χ3n) is 3.00. The molecule has 0 amide bonds. The second-order valence-electron chi connectivity index (χ2n) is 4.01. The van der Waals surface area contributed by atoms with E-state index in [1.165, 1.54) is 0 Å². The van der Waals surface area contributed by atoms with Crippen molar-refractivity contribution in [2.24, 2.45) is 5.92 Å². The van der Waals surface area contributed by atoms with Crippen LogP contribution in [0.3, 0.4) is 0 Å². The summed E-state index contributed by atoms with van der Waals surface area (Å²) in [6.45, 7) is 1.82. The molecule has 1 fully saturated rings. The SMILES string of the molecule is FC(c1ccccc1Cl)C1CCNCC1. The van der Waals surface area contributed by atoms with E-state index in [1.807, 2.05) is 12.1 Å². The van der Waals surface area contributed by atoms with Crippen LogP contribution in [0.1, 0.15) is 24.6 Å². The van der Waals surface area contributed by atoms with Gasteiger partial charge in [-0.2, -0.15) is 0 Å². The Morgan fingerprint density at radius 1 is 1.27 bits per heavy atom. The zero-order valence-electron chi connectivity index (χ0n) is 8.55. The molecule has 0 aromatic heterocycles. The maximum atomic E-state index is 14.2. The van der Waals surface area contributed by atoms with Gasteiger partial charge >= 0.3 is 0 Å². The van der Waals surface area contributed by atoms with Gasteiger partial charge in [-0.25, -0.2) is 4.39 Å². The minimum atomic E-state index is -0.916. The zero-order chi connectivity index (χ0) is 10.7. The van der Waals surface area contributed by atoms with Crippen molar-refractivity contribution in [2.45, 2.75) is 19.0 Å². The Morgan fingerprint density at radius 2 is 1.93 bits per heavy atom. The number of alkyl halides is 1. The van der Waals surface area contributed by atoms with Gasteiger partial charge in [-0.15, -0.1) is 0 Å². The highest BCUT2D eigenvalue weighted by molar-refractivity contribution is 6.31. The van der Waals surface area contributed by atoms with Crippen molar-refractivity contribution in [1.82, 2.24) is 5.32 Å². The van der Waals surface area contributed by atoms with Crippen molar-refractivity contribution in [1.29, 1.82) is 0 Å². The average molecular weight is 228 g/mol. The first-order valence-electron chi connectivity index (χ1n) is 5.38. The highest BCUT2D eigenvalue weighted by Gasteiger charge is 2.25. The van der Waals surface area contributed by atoms with E-state index in [-0.39, 0.29) is 5.92 Å². The van der Waals surface area contributed by atoms with Crippen LogP contribution in [0.25, 0.3) is 0 Å². The van der Waals surface area contributed by atoms with Crippen molar-refractivity contribution in [3.05, 3.63) is 34.9 Å². The Bertz CT molecular complexity index is 323.